The smallest absolute Gasteiger partial charge is 0.0974 e. The van der Waals surface area contributed by atoms with E-state index in [2.05, 4.69) is 5.32 Å². The van der Waals surface area contributed by atoms with E-state index in [-0.39, 0.29) is 5.84 Å². The van der Waals surface area contributed by atoms with Crippen LogP contribution in [0.1, 0.15) is 38.5 Å². The van der Waals surface area contributed by atoms with Crippen molar-refractivity contribution in [1.82, 2.24) is 5.32 Å². The maximum Gasteiger partial charge on any atom is 0.0974 e. The van der Waals surface area contributed by atoms with Crippen molar-refractivity contribution >= 4 is 23.0 Å². The topological polar surface area (TPSA) is 61.9 Å². The predicted molar refractivity (Wildman–Crippen MR) is 59.1 cm³/mol. The van der Waals surface area contributed by atoms with E-state index in [9.17, 15) is 0 Å². The molecule has 0 spiro atoms. The van der Waals surface area contributed by atoms with Crippen LogP contribution in [0.4, 0.5) is 0 Å². The summed E-state index contributed by atoms with van der Waals surface area (Å²) in [6.07, 6.45) is 6.75. The molecule has 0 aromatic rings. The van der Waals surface area contributed by atoms with Gasteiger partial charge in [0.2, 0.25) is 0 Å². The van der Waals surface area contributed by atoms with Gasteiger partial charge in [0.05, 0.1) is 17.2 Å². The number of hydrogen-bond acceptors (Lipinski definition) is 2. The van der Waals surface area contributed by atoms with Crippen LogP contribution in [0.5, 0.6) is 0 Å². The molecule has 13 heavy (non-hydrogen) atoms. The Morgan fingerprint density at radius 1 is 1.38 bits per heavy atom. The summed E-state index contributed by atoms with van der Waals surface area (Å²) in [6.45, 7) is 0. The third kappa shape index (κ3) is 4.22. The second-order valence-electron chi connectivity index (χ2n) is 3.60. The fourth-order valence-corrected chi connectivity index (χ4v) is 2.02. The Labute approximate surface area is 84.6 Å². The first-order valence-corrected chi connectivity index (χ1v) is 5.21. The van der Waals surface area contributed by atoms with Crippen molar-refractivity contribution in [3.8, 4) is 0 Å². The molecule has 4 N–H and O–H groups in total. The lowest BCUT2D eigenvalue weighted by Gasteiger charge is -2.23. The molecule has 0 heterocycles. The van der Waals surface area contributed by atoms with E-state index in [4.69, 9.17) is 23.4 Å². The third-order valence-electron chi connectivity index (χ3n) is 2.32. The second kappa shape index (κ2) is 5.17. The molecule has 0 aromatic heterocycles. The van der Waals surface area contributed by atoms with Gasteiger partial charge in [0.25, 0.3) is 0 Å². The van der Waals surface area contributed by atoms with Crippen LogP contribution in [0.15, 0.2) is 0 Å². The van der Waals surface area contributed by atoms with Crippen molar-refractivity contribution in [2.75, 3.05) is 0 Å². The minimum Gasteiger partial charge on any atom is -0.387 e. The molecule has 3 nitrogen and oxygen atoms in total. The highest BCUT2D eigenvalue weighted by Gasteiger charge is 2.13. The first kappa shape index (κ1) is 10.4. The van der Waals surface area contributed by atoms with Crippen LogP contribution in [-0.4, -0.2) is 16.9 Å². The molecular weight excluding hydrogens is 182 g/mol. The van der Waals surface area contributed by atoms with E-state index in [0.717, 1.165) is 4.99 Å². The number of nitrogens with one attached hydrogen (secondary N) is 2. The van der Waals surface area contributed by atoms with E-state index in [1.165, 1.54) is 32.1 Å². The molecule has 4 heteroatoms. The maximum absolute atomic E-state index is 7.09. The number of nitrogens with two attached hydrogens (primary N) is 1. The van der Waals surface area contributed by atoms with Crippen molar-refractivity contribution < 1.29 is 0 Å². The van der Waals surface area contributed by atoms with Crippen molar-refractivity contribution in [1.29, 1.82) is 5.41 Å². The van der Waals surface area contributed by atoms with Crippen LogP contribution in [0, 0.1) is 5.41 Å². The molecule has 0 amide bonds. The van der Waals surface area contributed by atoms with Crippen LogP contribution in [0.2, 0.25) is 0 Å². The minimum atomic E-state index is 0.147. The standard InChI is InChI=1S/C9H17N3S/c10-8(11)6-9(13)12-7-4-2-1-3-5-7/h7H,1-6H2,(H3,10,11)(H,12,13). The summed E-state index contributed by atoms with van der Waals surface area (Å²) in [6, 6.07) is 0.528. The average Bonchev–Trinajstić information content (AvgIpc) is 2.04. The summed E-state index contributed by atoms with van der Waals surface area (Å²) in [5.74, 6) is 0.147. The minimum absolute atomic E-state index is 0.147. The van der Waals surface area contributed by atoms with Crippen molar-refractivity contribution in [2.45, 2.75) is 44.6 Å². The average molecular weight is 199 g/mol. The summed E-state index contributed by atoms with van der Waals surface area (Å²) < 4.78 is 0. The summed E-state index contributed by atoms with van der Waals surface area (Å²) in [5, 5.41) is 10.4. The molecule has 1 rings (SSSR count). The lowest BCUT2D eigenvalue weighted by Crippen LogP contribution is -2.36. The van der Waals surface area contributed by atoms with Crippen LogP contribution in [0.25, 0.3) is 0 Å². The van der Waals surface area contributed by atoms with Crippen LogP contribution in [-0.2, 0) is 0 Å². The van der Waals surface area contributed by atoms with Crippen LogP contribution < -0.4 is 11.1 Å². The quantitative estimate of drug-likeness (QED) is 0.367. The molecule has 0 saturated heterocycles. The number of rotatable bonds is 3. The predicted octanol–water partition coefficient (Wildman–Crippen LogP) is 1.56. The molecule has 0 atom stereocenters. The summed E-state index contributed by atoms with van der Waals surface area (Å²) in [5.41, 5.74) is 5.25. The van der Waals surface area contributed by atoms with Gasteiger partial charge in [-0.3, -0.25) is 5.41 Å². The molecular formula is C9H17N3S. The van der Waals surface area contributed by atoms with Gasteiger partial charge in [-0.25, -0.2) is 0 Å². The molecule has 1 aliphatic carbocycles. The first-order chi connectivity index (χ1) is 6.18. The molecule has 74 valence electrons. The Bertz CT molecular complexity index is 197. The van der Waals surface area contributed by atoms with Gasteiger partial charge >= 0.3 is 0 Å². The van der Waals surface area contributed by atoms with Gasteiger partial charge in [0, 0.05) is 6.04 Å². The van der Waals surface area contributed by atoms with Crippen molar-refractivity contribution in [3.63, 3.8) is 0 Å². The molecule has 1 aliphatic rings. The third-order valence-corrected chi connectivity index (χ3v) is 2.58. The van der Waals surface area contributed by atoms with Crippen LogP contribution in [0.3, 0.4) is 0 Å². The summed E-state index contributed by atoms with van der Waals surface area (Å²) in [4.78, 5) is 0.722. The second-order valence-corrected chi connectivity index (χ2v) is 4.10. The fourth-order valence-electron chi connectivity index (χ4n) is 1.70. The highest BCUT2D eigenvalue weighted by Crippen LogP contribution is 2.17. The fraction of sp³-hybridized carbons (Fsp3) is 0.778. The SMILES string of the molecule is N=C(N)CC(=S)NC1CCCCC1. The van der Waals surface area contributed by atoms with E-state index >= 15 is 0 Å². The van der Waals surface area contributed by atoms with E-state index in [0.29, 0.717) is 12.5 Å². The van der Waals surface area contributed by atoms with Gasteiger partial charge in [-0.15, -0.1) is 0 Å². The first-order valence-electron chi connectivity index (χ1n) is 4.81. The Balaban J connectivity index is 2.22. The van der Waals surface area contributed by atoms with Gasteiger partial charge in [0.1, 0.15) is 0 Å². The zero-order valence-corrected chi connectivity index (χ0v) is 8.62. The molecule has 0 radical (unpaired) electrons. The van der Waals surface area contributed by atoms with Gasteiger partial charge in [-0.1, -0.05) is 31.5 Å². The highest BCUT2D eigenvalue weighted by molar-refractivity contribution is 7.80. The monoisotopic (exact) mass is 199 g/mol. The lowest BCUT2D eigenvalue weighted by atomic mass is 9.95. The Morgan fingerprint density at radius 2 is 2.00 bits per heavy atom. The molecule has 0 aromatic carbocycles. The molecule has 0 aliphatic heterocycles. The Morgan fingerprint density at radius 3 is 2.54 bits per heavy atom. The largest absolute Gasteiger partial charge is 0.387 e. The summed E-state index contributed by atoms with van der Waals surface area (Å²) >= 11 is 5.08. The zero-order valence-electron chi connectivity index (χ0n) is 7.81. The zero-order chi connectivity index (χ0) is 9.68. The number of amidine groups is 1. The molecule has 0 bridgehead atoms. The Kier molecular flexibility index (Phi) is 4.15. The van der Waals surface area contributed by atoms with Gasteiger partial charge < -0.3 is 11.1 Å². The maximum atomic E-state index is 7.09. The highest BCUT2D eigenvalue weighted by atomic mass is 32.1. The Hall–Kier alpha value is -0.640. The number of thiocarbonyl (C=S) groups is 1. The van der Waals surface area contributed by atoms with Crippen molar-refractivity contribution in [3.05, 3.63) is 0 Å². The van der Waals surface area contributed by atoms with Gasteiger partial charge in [-0.05, 0) is 12.8 Å². The summed E-state index contributed by atoms with van der Waals surface area (Å²) in [7, 11) is 0. The van der Waals surface area contributed by atoms with Gasteiger partial charge in [-0.2, -0.15) is 0 Å². The van der Waals surface area contributed by atoms with E-state index in [1.54, 1.807) is 0 Å². The lowest BCUT2D eigenvalue weighted by molar-refractivity contribution is 0.414. The van der Waals surface area contributed by atoms with Crippen LogP contribution >= 0.6 is 12.2 Å². The van der Waals surface area contributed by atoms with E-state index < -0.39 is 0 Å². The van der Waals surface area contributed by atoms with E-state index in [1.807, 2.05) is 0 Å². The molecule has 0 unspecified atom stereocenters. The molecule has 1 fully saturated rings. The van der Waals surface area contributed by atoms with Gasteiger partial charge in [0.15, 0.2) is 0 Å². The van der Waals surface area contributed by atoms with Crippen molar-refractivity contribution in [2.24, 2.45) is 5.73 Å². The normalized spacial score (nSPS) is 18.2. The molecule has 1 saturated carbocycles. The number of hydrogen-bond donors (Lipinski definition) is 3.